The highest BCUT2D eigenvalue weighted by Crippen LogP contribution is 2.29. The third kappa shape index (κ3) is 8.63. The third-order valence-electron chi connectivity index (χ3n) is 6.57. The molecule has 234 valence electrons. The Balaban J connectivity index is 1.85. The van der Waals surface area contributed by atoms with E-state index in [2.05, 4.69) is 0 Å². The average Bonchev–Trinajstić information content (AvgIpc) is 3.53. The Morgan fingerprint density at radius 2 is 0.857 bits per heavy atom. The molecule has 14 heteroatoms. The Labute approximate surface area is 252 Å². The molecule has 2 heterocycles. The van der Waals surface area contributed by atoms with E-state index in [9.17, 15) is 0 Å². The van der Waals surface area contributed by atoms with Crippen LogP contribution in [0, 0.1) is 13.8 Å². The van der Waals surface area contributed by atoms with Crippen molar-refractivity contribution >= 4 is 17.6 Å². The number of nitrogens with zero attached hydrogens (tertiary/aromatic N) is 6. The molecule has 0 fully saturated rings. The summed E-state index contributed by atoms with van der Waals surface area (Å²) in [5.41, 5.74) is 1.72. The van der Waals surface area contributed by atoms with Gasteiger partial charge < -0.3 is 26.6 Å². The molecule has 0 bridgehead atoms. The summed E-state index contributed by atoms with van der Waals surface area (Å²) in [4.78, 5) is 9.61. The number of aryl methyl sites for hydroxylation is 4. The third-order valence-corrected chi connectivity index (χ3v) is 12.6. The van der Waals surface area contributed by atoms with Crippen molar-refractivity contribution in [2.24, 2.45) is 0 Å². The number of rotatable bonds is 20. The van der Waals surface area contributed by atoms with E-state index < -0.39 is 17.6 Å². The summed E-state index contributed by atoms with van der Waals surface area (Å²) in [6.45, 7) is 20.0. The molecule has 0 N–H and O–H groups in total. The molecular formula is C28H48N6O6Si2. The molecule has 3 aromatic rings. The van der Waals surface area contributed by atoms with E-state index in [1.807, 2.05) is 89.0 Å². The molecule has 0 amide bonds. The summed E-state index contributed by atoms with van der Waals surface area (Å²) in [5, 5.41) is 9.73. The van der Waals surface area contributed by atoms with Crippen LogP contribution in [0.25, 0.3) is 22.8 Å². The average molecular weight is 621 g/mol. The van der Waals surface area contributed by atoms with Gasteiger partial charge in [0.15, 0.2) is 11.6 Å². The smallest absolute Gasteiger partial charge is 0.374 e. The van der Waals surface area contributed by atoms with Crippen LogP contribution in [0.4, 0.5) is 0 Å². The number of hydrogen-bond donors (Lipinski definition) is 0. The van der Waals surface area contributed by atoms with Gasteiger partial charge in [-0.2, -0.15) is 10.2 Å². The zero-order valence-electron chi connectivity index (χ0n) is 26.5. The van der Waals surface area contributed by atoms with Gasteiger partial charge in [0.2, 0.25) is 0 Å². The van der Waals surface area contributed by atoms with Crippen LogP contribution in [-0.4, -0.2) is 86.8 Å². The minimum Gasteiger partial charge on any atom is -0.374 e. The lowest BCUT2D eigenvalue weighted by Gasteiger charge is -2.28. The minimum absolute atomic E-state index is 0.534. The molecule has 0 aliphatic carbocycles. The maximum absolute atomic E-state index is 6.03. The maximum Gasteiger partial charge on any atom is 0.502 e. The van der Waals surface area contributed by atoms with Gasteiger partial charge in [0.05, 0.1) is 0 Å². The van der Waals surface area contributed by atoms with E-state index in [1.165, 1.54) is 0 Å². The zero-order chi connectivity index (χ0) is 30.6. The molecule has 0 aliphatic heterocycles. The van der Waals surface area contributed by atoms with Gasteiger partial charge in [-0.1, -0.05) is 24.3 Å². The molecule has 0 atom stereocenters. The van der Waals surface area contributed by atoms with Crippen molar-refractivity contribution in [1.82, 2.24) is 29.5 Å². The van der Waals surface area contributed by atoms with E-state index in [4.69, 9.17) is 46.7 Å². The molecular weight excluding hydrogens is 573 g/mol. The van der Waals surface area contributed by atoms with Crippen LogP contribution >= 0.6 is 0 Å². The second-order valence-corrected chi connectivity index (χ2v) is 14.9. The quantitative estimate of drug-likeness (QED) is 0.161. The standard InChI is InChI=1S/C28H48N6O6Si2/c1-9-35-41(36-10-2,37-11-3)21-19-33-23(7)29-27(31-33)25-17-15-16-18-26(25)28-30-24(8)34(32-28)20-22-42(38-12-4,39-13-5)40-14-6/h15-18H,9-14,19-22H2,1-8H3. The molecule has 12 nitrogen and oxygen atoms in total. The van der Waals surface area contributed by atoms with Gasteiger partial charge >= 0.3 is 17.6 Å². The highest BCUT2D eigenvalue weighted by molar-refractivity contribution is 6.61. The lowest BCUT2D eigenvalue weighted by molar-refractivity contribution is 0.0691. The minimum atomic E-state index is -2.81. The largest absolute Gasteiger partial charge is 0.502 e. The van der Waals surface area contributed by atoms with Crippen molar-refractivity contribution in [2.45, 2.75) is 80.6 Å². The van der Waals surface area contributed by atoms with Crippen LogP contribution < -0.4 is 0 Å². The van der Waals surface area contributed by atoms with Crippen molar-refractivity contribution in [2.75, 3.05) is 39.6 Å². The molecule has 1 aromatic carbocycles. The van der Waals surface area contributed by atoms with E-state index in [0.29, 0.717) is 76.5 Å². The van der Waals surface area contributed by atoms with E-state index in [-0.39, 0.29) is 0 Å². The monoisotopic (exact) mass is 620 g/mol. The molecule has 0 saturated heterocycles. The van der Waals surface area contributed by atoms with Crippen molar-refractivity contribution in [3.63, 3.8) is 0 Å². The topological polar surface area (TPSA) is 117 Å². The molecule has 42 heavy (non-hydrogen) atoms. The highest BCUT2D eigenvalue weighted by Gasteiger charge is 2.41. The Kier molecular flexibility index (Phi) is 13.4. The van der Waals surface area contributed by atoms with Crippen LogP contribution in [0.3, 0.4) is 0 Å². The van der Waals surface area contributed by atoms with Gasteiger partial charge in [-0.05, 0) is 55.4 Å². The molecule has 0 spiro atoms. The summed E-state index contributed by atoms with van der Waals surface area (Å²) in [6, 6.07) is 9.16. The van der Waals surface area contributed by atoms with E-state index >= 15 is 0 Å². The van der Waals surface area contributed by atoms with Crippen LogP contribution in [0.1, 0.15) is 53.2 Å². The molecule has 0 aliphatic rings. The van der Waals surface area contributed by atoms with Crippen LogP contribution in [0.2, 0.25) is 12.1 Å². The van der Waals surface area contributed by atoms with Gasteiger partial charge in [-0.15, -0.1) is 0 Å². The fourth-order valence-corrected chi connectivity index (χ4v) is 9.83. The summed E-state index contributed by atoms with van der Waals surface area (Å²) in [5.74, 6) is 2.82. The first-order valence-corrected chi connectivity index (χ1v) is 18.9. The van der Waals surface area contributed by atoms with Gasteiger partial charge in [0.1, 0.15) is 11.6 Å². The van der Waals surface area contributed by atoms with Crippen LogP contribution in [0.5, 0.6) is 0 Å². The van der Waals surface area contributed by atoms with Gasteiger partial charge in [-0.3, -0.25) is 0 Å². The SMILES string of the molecule is CCO[Si](CCn1nc(-c2ccccc2-c2nc(C)n(CC[Si](OCC)(OCC)OCC)n2)nc1C)(OCC)OCC. The number of hydrogen-bond acceptors (Lipinski definition) is 10. The van der Waals surface area contributed by atoms with E-state index in [0.717, 1.165) is 22.8 Å². The fraction of sp³-hybridized carbons (Fsp3) is 0.643. The summed E-state index contributed by atoms with van der Waals surface area (Å²) >= 11 is 0. The second-order valence-electron chi connectivity index (χ2n) is 9.42. The van der Waals surface area contributed by atoms with Crippen molar-refractivity contribution in [3.8, 4) is 22.8 Å². The number of benzene rings is 1. The second kappa shape index (κ2) is 16.5. The molecule has 2 aromatic heterocycles. The summed E-state index contributed by atoms with van der Waals surface area (Å²) < 4.78 is 40.0. The lowest BCUT2D eigenvalue weighted by atomic mass is 10.1. The van der Waals surface area contributed by atoms with E-state index in [1.54, 1.807) is 0 Å². The molecule has 3 rings (SSSR count). The Bertz CT molecular complexity index is 1110. The van der Waals surface area contributed by atoms with Crippen molar-refractivity contribution in [3.05, 3.63) is 35.9 Å². The first-order valence-electron chi connectivity index (χ1n) is 15.1. The Hall–Kier alpha value is -2.31. The predicted molar refractivity (Wildman–Crippen MR) is 165 cm³/mol. The first-order chi connectivity index (χ1) is 20.3. The van der Waals surface area contributed by atoms with Gasteiger partial charge in [0.25, 0.3) is 0 Å². The van der Waals surface area contributed by atoms with Gasteiger partial charge in [-0.25, -0.2) is 19.3 Å². The molecule has 0 unspecified atom stereocenters. The maximum atomic E-state index is 6.03. The predicted octanol–water partition coefficient (Wildman–Crippen LogP) is 4.92. The van der Waals surface area contributed by atoms with Gasteiger partial charge in [0, 0.05) is 75.9 Å². The first kappa shape index (κ1) is 34.2. The fourth-order valence-electron chi connectivity index (χ4n) is 4.85. The van der Waals surface area contributed by atoms with Crippen molar-refractivity contribution < 1.29 is 26.6 Å². The Morgan fingerprint density at radius 3 is 1.14 bits per heavy atom. The summed E-state index contributed by atoms with van der Waals surface area (Å²) in [7, 11) is -5.62. The van der Waals surface area contributed by atoms with Crippen molar-refractivity contribution in [1.29, 1.82) is 0 Å². The zero-order valence-corrected chi connectivity index (χ0v) is 28.5. The highest BCUT2D eigenvalue weighted by atomic mass is 28.4. The van der Waals surface area contributed by atoms with Crippen LogP contribution in [0.15, 0.2) is 24.3 Å². The lowest BCUT2D eigenvalue weighted by Crippen LogP contribution is -2.46. The van der Waals surface area contributed by atoms with Crippen LogP contribution in [-0.2, 0) is 39.6 Å². The molecule has 0 saturated carbocycles. The normalized spacial score (nSPS) is 12.4. The Morgan fingerprint density at radius 1 is 0.548 bits per heavy atom. The molecule has 0 radical (unpaired) electrons. The summed E-state index contributed by atoms with van der Waals surface area (Å²) in [6.07, 6.45) is 0. The number of aromatic nitrogens is 6.